The van der Waals surface area contributed by atoms with Gasteiger partial charge in [0.05, 0.1) is 19.2 Å². The van der Waals surface area contributed by atoms with Crippen LogP contribution >= 0.6 is 0 Å². The van der Waals surface area contributed by atoms with E-state index >= 15 is 0 Å². The van der Waals surface area contributed by atoms with Gasteiger partial charge in [-0.05, 0) is 12.8 Å². The van der Waals surface area contributed by atoms with Crippen LogP contribution in [0.1, 0.15) is 39.0 Å². The molecule has 0 aromatic heterocycles. The molecule has 1 aliphatic carbocycles. The molecule has 0 aromatic carbocycles. The van der Waals surface area contributed by atoms with Crippen molar-refractivity contribution in [2.45, 2.75) is 63.3 Å². The van der Waals surface area contributed by atoms with Crippen LogP contribution in [0.2, 0.25) is 0 Å². The summed E-state index contributed by atoms with van der Waals surface area (Å²) in [6.07, 6.45) is 2.53. The van der Waals surface area contributed by atoms with E-state index in [1.165, 1.54) is 6.92 Å². The zero-order chi connectivity index (χ0) is 17.0. The van der Waals surface area contributed by atoms with Gasteiger partial charge in [-0.1, -0.05) is 19.3 Å². The van der Waals surface area contributed by atoms with E-state index in [4.69, 9.17) is 0 Å². The molecular formula is C15H25N3O5. The fourth-order valence-electron chi connectivity index (χ4n) is 3.21. The molecule has 0 radical (unpaired) electrons. The maximum Gasteiger partial charge on any atom is 0.245 e. The monoisotopic (exact) mass is 327 g/mol. The molecule has 4 N–H and O–H groups in total. The number of aliphatic hydroxyl groups excluding tert-OH is 2. The Balaban J connectivity index is 2.00. The Morgan fingerprint density at radius 2 is 1.78 bits per heavy atom. The van der Waals surface area contributed by atoms with Gasteiger partial charge in [-0.3, -0.25) is 14.4 Å². The molecule has 2 aliphatic rings. The van der Waals surface area contributed by atoms with Crippen LogP contribution in [0.25, 0.3) is 0 Å². The van der Waals surface area contributed by atoms with Crippen LogP contribution in [-0.4, -0.2) is 70.2 Å². The molecule has 1 heterocycles. The van der Waals surface area contributed by atoms with Gasteiger partial charge in [-0.2, -0.15) is 0 Å². The van der Waals surface area contributed by atoms with Gasteiger partial charge in [0.25, 0.3) is 0 Å². The van der Waals surface area contributed by atoms with E-state index in [0.29, 0.717) is 0 Å². The van der Waals surface area contributed by atoms with E-state index in [1.807, 2.05) is 0 Å². The molecule has 0 unspecified atom stereocenters. The number of aliphatic hydroxyl groups is 2. The van der Waals surface area contributed by atoms with Crippen molar-refractivity contribution in [1.82, 2.24) is 15.5 Å². The minimum atomic E-state index is -1.32. The van der Waals surface area contributed by atoms with E-state index in [0.717, 1.165) is 37.0 Å². The van der Waals surface area contributed by atoms with Gasteiger partial charge in [-0.15, -0.1) is 0 Å². The Kier molecular flexibility index (Phi) is 5.95. The first-order chi connectivity index (χ1) is 10.9. The van der Waals surface area contributed by atoms with Gasteiger partial charge in [0.1, 0.15) is 12.1 Å². The minimum Gasteiger partial charge on any atom is -0.388 e. The number of nitrogens with one attached hydrogen (secondary N) is 2. The Bertz CT molecular complexity index is 464. The number of carbonyl (C=O) groups excluding carboxylic acids is 3. The fourth-order valence-corrected chi connectivity index (χ4v) is 3.21. The third kappa shape index (κ3) is 4.42. The smallest absolute Gasteiger partial charge is 0.245 e. The van der Waals surface area contributed by atoms with Crippen molar-refractivity contribution in [2.75, 3.05) is 13.1 Å². The van der Waals surface area contributed by atoms with Gasteiger partial charge in [0.2, 0.25) is 17.7 Å². The lowest BCUT2D eigenvalue weighted by atomic mass is 9.95. The number of carbonyl (C=O) groups is 3. The van der Waals surface area contributed by atoms with Crippen LogP contribution in [0.15, 0.2) is 0 Å². The van der Waals surface area contributed by atoms with E-state index in [9.17, 15) is 24.6 Å². The van der Waals surface area contributed by atoms with Crippen LogP contribution in [0.4, 0.5) is 0 Å². The summed E-state index contributed by atoms with van der Waals surface area (Å²) in [7, 11) is 0. The number of likely N-dealkylation sites (tertiary alicyclic amines) is 1. The summed E-state index contributed by atoms with van der Waals surface area (Å²) in [6, 6.07) is -1.07. The largest absolute Gasteiger partial charge is 0.388 e. The highest BCUT2D eigenvalue weighted by Crippen LogP contribution is 2.22. The predicted molar refractivity (Wildman–Crippen MR) is 81.2 cm³/mol. The zero-order valence-corrected chi connectivity index (χ0v) is 13.3. The summed E-state index contributed by atoms with van der Waals surface area (Å²) in [5.74, 6) is -1.31. The maximum absolute atomic E-state index is 12.5. The van der Waals surface area contributed by atoms with Crippen LogP contribution in [-0.2, 0) is 14.4 Å². The second-order valence-electron chi connectivity index (χ2n) is 6.30. The number of hydrogen-bond donors (Lipinski definition) is 4. The predicted octanol–water partition coefficient (Wildman–Crippen LogP) is -1.50. The molecule has 0 bridgehead atoms. The summed E-state index contributed by atoms with van der Waals surface area (Å²) in [5.41, 5.74) is 0. The summed E-state index contributed by atoms with van der Waals surface area (Å²) < 4.78 is 0. The molecule has 3 amide bonds. The van der Waals surface area contributed by atoms with E-state index in [2.05, 4.69) is 10.6 Å². The van der Waals surface area contributed by atoms with E-state index in [1.54, 1.807) is 0 Å². The molecule has 0 spiro atoms. The second-order valence-corrected chi connectivity index (χ2v) is 6.30. The Hall–Kier alpha value is -1.67. The van der Waals surface area contributed by atoms with E-state index < -0.39 is 30.1 Å². The van der Waals surface area contributed by atoms with Crippen molar-refractivity contribution in [3.8, 4) is 0 Å². The molecule has 1 saturated heterocycles. The van der Waals surface area contributed by atoms with Gasteiger partial charge < -0.3 is 25.7 Å². The normalized spacial score (nSPS) is 28.5. The third-order valence-corrected chi connectivity index (χ3v) is 4.47. The SMILES string of the molecule is CC(=O)NCC(=O)N1C[C@H](O)[C@H](O)[C@H]1C(=O)NC1CCCCC1. The molecule has 8 nitrogen and oxygen atoms in total. The van der Waals surface area contributed by atoms with Crippen LogP contribution in [0.5, 0.6) is 0 Å². The molecule has 23 heavy (non-hydrogen) atoms. The molecule has 1 aliphatic heterocycles. The lowest BCUT2D eigenvalue weighted by molar-refractivity contribution is -0.141. The van der Waals surface area contributed by atoms with Crippen molar-refractivity contribution >= 4 is 17.7 Å². The van der Waals surface area contributed by atoms with Gasteiger partial charge in [-0.25, -0.2) is 0 Å². The zero-order valence-electron chi connectivity index (χ0n) is 13.3. The maximum atomic E-state index is 12.5. The standard InChI is InChI=1S/C15H25N3O5/c1-9(19)16-7-12(21)18-8-11(20)14(22)13(18)15(23)17-10-5-3-2-4-6-10/h10-11,13-14,20,22H,2-8H2,1H3,(H,16,19)(H,17,23)/t11-,13-,14-/m0/s1. The quantitative estimate of drug-likeness (QED) is 0.501. The topological polar surface area (TPSA) is 119 Å². The highest BCUT2D eigenvalue weighted by molar-refractivity contribution is 5.91. The van der Waals surface area contributed by atoms with Crippen molar-refractivity contribution < 1.29 is 24.6 Å². The number of amides is 3. The summed E-state index contributed by atoms with van der Waals surface area (Å²) >= 11 is 0. The lowest BCUT2D eigenvalue weighted by Gasteiger charge is -2.29. The van der Waals surface area contributed by atoms with Gasteiger partial charge >= 0.3 is 0 Å². The van der Waals surface area contributed by atoms with Gasteiger partial charge in [0, 0.05) is 13.0 Å². The molecule has 1 saturated carbocycles. The van der Waals surface area contributed by atoms with Crippen LogP contribution in [0.3, 0.4) is 0 Å². The van der Waals surface area contributed by atoms with Crippen molar-refractivity contribution in [3.63, 3.8) is 0 Å². The number of β-amino-alcohol motifs (C(OH)–C–C–N with tert-alkyl or cyclic N) is 1. The molecule has 2 rings (SSSR count). The average molecular weight is 327 g/mol. The summed E-state index contributed by atoms with van der Waals surface area (Å²) in [5, 5.41) is 25.1. The first-order valence-electron chi connectivity index (χ1n) is 8.10. The number of hydrogen-bond acceptors (Lipinski definition) is 5. The molecule has 2 fully saturated rings. The lowest BCUT2D eigenvalue weighted by Crippen LogP contribution is -2.54. The molecule has 8 heteroatoms. The van der Waals surface area contributed by atoms with Crippen LogP contribution in [0, 0.1) is 0 Å². The number of rotatable bonds is 4. The van der Waals surface area contributed by atoms with Crippen molar-refractivity contribution in [1.29, 1.82) is 0 Å². The van der Waals surface area contributed by atoms with Crippen LogP contribution < -0.4 is 10.6 Å². The molecular weight excluding hydrogens is 302 g/mol. The highest BCUT2D eigenvalue weighted by Gasteiger charge is 2.46. The summed E-state index contributed by atoms with van der Waals surface area (Å²) in [4.78, 5) is 36.7. The van der Waals surface area contributed by atoms with Crippen molar-refractivity contribution in [3.05, 3.63) is 0 Å². The minimum absolute atomic E-state index is 0.0495. The molecule has 0 aromatic rings. The average Bonchev–Trinajstić information content (AvgIpc) is 2.81. The second kappa shape index (κ2) is 7.74. The summed E-state index contributed by atoms with van der Waals surface area (Å²) in [6.45, 7) is 0.901. The van der Waals surface area contributed by atoms with E-state index in [-0.39, 0.29) is 25.0 Å². The molecule has 3 atom stereocenters. The third-order valence-electron chi connectivity index (χ3n) is 4.47. The first-order valence-corrected chi connectivity index (χ1v) is 8.10. The molecule has 130 valence electrons. The highest BCUT2D eigenvalue weighted by atomic mass is 16.3. The Labute approximate surface area is 135 Å². The fraction of sp³-hybridized carbons (Fsp3) is 0.800. The number of nitrogens with zero attached hydrogens (tertiary/aromatic N) is 1. The van der Waals surface area contributed by atoms with Crippen molar-refractivity contribution in [2.24, 2.45) is 0 Å². The first kappa shape index (κ1) is 17.7. The Morgan fingerprint density at radius 3 is 2.39 bits per heavy atom. The van der Waals surface area contributed by atoms with Gasteiger partial charge in [0.15, 0.2) is 0 Å². The Morgan fingerprint density at radius 1 is 1.13 bits per heavy atom.